The van der Waals surface area contributed by atoms with E-state index in [-0.39, 0.29) is 5.97 Å². The second kappa shape index (κ2) is 10.6. The molecule has 5 heteroatoms. The minimum atomic E-state index is -0.0557. The van der Waals surface area contributed by atoms with Gasteiger partial charge in [0.15, 0.2) is 0 Å². The molecule has 0 aromatic carbocycles. The van der Waals surface area contributed by atoms with Crippen molar-refractivity contribution in [2.24, 2.45) is 5.92 Å². The minimum Gasteiger partial charge on any atom is -0.501 e. The van der Waals surface area contributed by atoms with Crippen LogP contribution in [0, 0.1) is 5.92 Å². The van der Waals surface area contributed by atoms with E-state index in [1.54, 1.807) is 0 Å². The number of hydrogen-bond acceptors (Lipinski definition) is 5. The van der Waals surface area contributed by atoms with Gasteiger partial charge in [-0.25, -0.2) is 0 Å². The third kappa shape index (κ3) is 7.27. The quantitative estimate of drug-likeness (QED) is 0.410. The molecule has 2 aliphatic heterocycles. The van der Waals surface area contributed by atoms with E-state index in [0.717, 1.165) is 71.6 Å². The molecular weight excluding hydrogens is 284 g/mol. The zero-order valence-electron chi connectivity index (χ0n) is 13.4. The standard InChI is InChI=1S/C17H28O5/c18-17-12-16(14-22-17)5-2-8-20-10-3-9-19-7-1-4-15-6-11-21-13-15/h13,16H,1-12,14H2. The molecule has 22 heavy (non-hydrogen) atoms. The molecule has 0 aliphatic carbocycles. The number of cyclic esters (lactones) is 1. The van der Waals surface area contributed by atoms with Crippen molar-refractivity contribution in [1.82, 2.24) is 0 Å². The molecule has 0 spiro atoms. The highest BCUT2D eigenvalue weighted by Crippen LogP contribution is 2.19. The Balaban J connectivity index is 1.28. The van der Waals surface area contributed by atoms with Crippen molar-refractivity contribution in [3.8, 4) is 0 Å². The number of carbonyl (C=O) groups is 1. The van der Waals surface area contributed by atoms with Crippen molar-refractivity contribution in [3.05, 3.63) is 11.8 Å². The molecule has 1 atom stereocenters. The van der Waals surface area contributed by atoms with Gasteiger partial charge < -0.3 is 18.9 Å². The van der Waals surface area contributed by atoms with Crippen LogP contribution in [0.4, 0.5) is 0 Å². The highest BCUT2D eigenvalue weighted by Gasteiger charge is 2.22. The van der Waals surface area contributed by atoms with Crippen LogP contribution in [0.15, 0.2) is 11.8 Å². The van der Waals surface area contributed by atoms with E-state index in [2.05, 4.69) is 0 Å². The second-order valence-corrected chi connectivity index (χ2v) is 5.97. The Morgan fingerprint density at radius 1 is 1.09 bits per heavy atom. The monoisotopic (exact) mass is 312 g/mol. The van der Waals surface area contributed by atoms with Crippen LogP contribution >= 0.6 is 0 Å². The Hall–Kier alpha value is -1.07. The molecule has 2 aliphatic rings. The summed E-state index contributed by atoms with van der Waals surface area (Å²) in [7, 11) is 0. The maximum absolute atomic E-state index is 10.9. The van der Waals surface area contributed by atoms with E-state index >= 15 is 0 Å². The largest absolute Gasteiger partial charge is 0.501 e. The molecule has 1 fully saturated rings. The summed E-state index contributed by atoms with van der Waals surface area (Å²) in [5, 5.41) is 0. The van der Waals surface area contributed by atoms with Crippen LogP contribution in [-0.4, -0.2) is 45.6 Å². The first-order chi connectivity index (χ1) is 10.8. The second-order valence-electron chi connectivity index (χ2n) is 5.97. The van der Waals surface area contributed by atoms with Gasteiger partial charge in [-0.15, -0.1) is 0 Å². The molecule has 0 bridgehead atoms. The van der Waals surface area contributed by atoms with Crippen LogP contribution < -0.4 is 0 Å². The summed E-state index contributed by atoms with van der Waals surface area (Å²) in [6.45, 7) is 4.53. The molecule has 0 radical (unpaired) electrons. The third-order valence-electron chi connectivity index (χ3n) is 3.99. The maximum atomic E-state index is 10.9. The Bertz CT molecular complexity index is 353. The van der Waals surface area contributed by atoms with Crippen LogP contribution in [-0.2, 0) is 23.7 Å². The first kappa shape index (κ1) is 17.3. The molecule has 5 nitrogen and oxygen atoms in total. The fourth-order valence-electron chi connectivity index (χ4n) is 2.70. The lowest BCUT2D eigenvalue weighted by Crippen LogP contribution is -2.05. The molecule has 2 heterocycles. The van der Waals surface area contributed by atoms with Crippen LogP contribution in [0.2, 0.25) is 0 Å². The van der Waals surface area contributed by atoms with Gasteiger partial charge in [0.2, 0.25) is 0 Å². The molecule has 0 saturated carbocycles. The topological polar surface area (TPSA) is 54.0 Å². The predicted molar refractivity (Wildman–Crippen MR) is 82.4 cm³/mol. The van der Waals surface area contributed by atoms with E-state index in [1.807, 2.05) is 6.26 Å². The van der Waals surface area contributed by atoms with E-state index in [9.17, 15) is 4.79 Å². The summed E-state index contributed by atoms with van der Waals surface area (Å²) in [6, 6.07) is 0. The van der Waals surface area contributed by atoms with Gasteiger partial charge in [-0.3, -0.25) is 4.79 Å². The SMILES string of the molecule is O=C1CC(CCCOCCCOCCCC2=COCC2)CO1. The average molecular weight is 312 g/mol. The van der Waals surface area contributed by atoms with E-state index < -0.39 is 0 Å². The lowest BCUT2D eigenvalue weighted by molar-refractivity contribution is -0.137. The van der Waals surface area contributed by atoms with Gasteiger partial charge in [0.25, 0.3) is 0 Å². The predicted octanol–water partition coefficient (Wildman–Crippen LogP) is 2.84. The Morgan fingerprint density at radius 3 is 2.55 bits per heavy atom. The number of hydrogen-bond donors (Lipinski definition) is 0. The molecule has 1 saturated heterocycles. The summed E-state index contributed by atoms with van der Waals surface area (Å²) >= 11 is 0. The third-order valence-corrected chi connectivity index (χ3v) is 3.99. The first-order valence-electron chi connectivity index (χ1n) is 8.45. The number of ether oxygens (including phenoxy) is 4. The molecular formula is C17H28O5. The Kier molecular flexibility index (Phi) is 8.35. The highest BCUT2D eigenvalue weighted by atomic mass is 16.5. The van der Waals surface area contributed by atoms with Crippen LogP contribution in [0.3, 0.4) is 0 Å². The van der Waals surface area contributed by atoms with Crippen LogP contribution in [0.25, 0.3) is 0 Å². The minimum absolute atomic E-state index is 0.0557. The summed E-state index contributed by atoms with van der Waals surface area (Å²) in [5.74, 6) is 0.347. The summed E-state index contributed by atoms with van der Waals surface area (Å²) < 4.78 is 21.3. The van der Waals surface area contributed by atoms with E-state index in [1.165, 1.54) is 5.57 Å². The van der Waals surface area contributed by atoms with E-state index in [4.69, 9.17) is 18.9 Å². The highest BCUT2D eigenvalue weighted by molar-refractivity contribution is 5.71. The zero-order chi connectivity index (χ0) is 15.5. The van der Waals surface area contributed by atoms with Gasteiger partial charge in [0, 0.05) is 38.8 Å². The number of carbonyl (C=O) groups excluding carboxylic acids is 1. The molecule has 0 aromatic heterocycles. The van der Waals surface area contributed by atoms with Crippen LogP contribution in [0.1, 0.15) is 44.9 Å². The van der Waals surface area contributed by atoms with Crippen LogP contribution in [0.5, 0.6) is 0 Å². The molecule has 0 amide bonds. The van der Waals surface area contributed by atoms with Crippen molar-refractivity contribution in [2.75, 3.05) is 39.6 Å². The van der Waals surface area contributed by atoms with Crippen molar-refractivity contribution in [3.63, 3.8) is 0 Å². The molecule has 0 aromatic rings. The van der Waals surface area contributed by atoms with Gasteiger partial charge in [0.05, 0.1) is 25.9 Å². The first-order valence-corrected chi connectivity index (χ1v) is 8.45. The zero-order valence-corrected chi connectivity index (χ0v) is 13.4. The summed E-state index contributed by atoms with van der Waals surface area (Å²) in [5.41, 5.74) is 1.40. The number of rotatable bonds is 12. The Morgan fingerprint density at radius 2 is 1.86 bits per heavy atom. The van der Waals surface area contributed by atoms with Gasteiger partial charge in [-0.05, 0) is 37.7 Å². The smallest absolute Gasteiger partial charge is 0.306 e. The molecule has 2 rings (SSSR count). The van der Waals surface area contributed by atoms with Gasteiger partial charge in [0.1, 0.15) is 0 Å². The molecule has 0 N–H and O–H groups in total. The fourth-order valence-corrected chi connectivity index (χ4v) is 2.70. The van der Waals surface area contributed by atoms with Gasteiger partial charge >= 0.3 is 5.97 Å². The summed E-state index contributed by atoms with van der Waals surface area (Å²) in [4.78, 5) is 10.9. The normalized spacial score (nSPS) is 20.8. The lowest BCUT2D eigenvalue weighted by atomic mass is 10.0. The van der Waals surface area contributed by atoms with Crippen molar-refractivity contribution < 1.29 is 23.7 Å². The Labute approximate surface area is 132 Å². The molecule has 126 valence electrons. The van der Waals surface area contributed by atoms with Crippen molar-refractivity contribution in [2.45, 2.75) is 44.9 Å². The van der Waals surface area contributed by atoms with Crippen molar-refractivity contribution in [1.29, 1.82) is 0 Å². The average Bonchev–Trinajstić information content (AvgIpc) is 3.16. The number of esters is 1. The van der Waals surface area contributed by atoms with Gasteiger partial charge in [-0.2, -0.15) is 0 Å². The fraction of sp³-hybridized carbons (Fsp3) is 0.824. The molecule has 1 unspecified atom stereocenters. The lowest BCUT2D eigenvalue weighted by Gasteiger charge is -2.07. The summed E-state index contributed by atoms with van der Waals surface area (Å²) in [6.07, 6.45) is 8.66. The van der Waals surface area contributed by atoms with Crippen molar-refractivity contribution >= 4 is 5.97 Å². The van der Waals surface area contributed by atoms with E-state index in [0.29, 0.717) is 18.9 Å². The maximum Gasteiger partial charge on any atom is 0.306 e. The van der Waals surface area contributed by atoms with Gasteiger partial charge in [-0.1, -0.05) is 0 Å².